The molecule has 5 nitrogen and oxygen atoms in total. The van der Waals surface area contributed by atoms with E-state index in [1.54, 1.807) is 0 Å². The third-order valence-corrected chi connectivity index (χ3v) is 0.813. The van der Waals surface area contributed by atoms with Gasteiger partial charge in [-0.3, -0.25) is 9.59 Å². The van der Waals surface area contributed by atoms with Gasteiger partial charge in [0.25, 0.3) is 0 Å². The van der Waals surface area contributed by atoms with Gasteiger partial charge in [-0.2, -0.15) is 0 Å². The first-order valence-corrected chi connectivity index (χ1v) is 4.72. The van der Waals surface area contributed by atoms with E-state index in [4.69, 9.17) is 3.67 Å². The number of carbonyl (C=O) groups excluding carboxylic acids is 2. The molecule has 0 unspecified atom stereocenters. The molecule has 0 aromatic rings. The van der Waals surface area contributed by atoms with E-state index in [2.05, 4.69) is 0 Å². The SMILES string of the molecule is CC(=O)/C=C(/C)[O-].CC(=O)/C=C(/C)[O-].[Cl-].[O]=[V]. The summed E-state index contributed by atoms with van der Waals surface area (Å²) in [5.41, 5.74) is 0. The Kier molecular flexibility index (Phi) is 25.8. The Hall–Kier alpha value is -0.906. The molecule has 17 heavy (non-hydrogen) atoms. The molecule has 0 spiro atoms. The van der Waals surface area contributed by atoms with Gasteiger partial charge in [-0.25, -0.2) is 0 Å². The maximum atomic E-state index is 9.98. The molecule has 0 radical (unpaired) electrons. The third kappa shape index (κ3) is 51.4. The van der Waals surface area contributed by atoms with Crippen molar-refractivity contribution in [3.05, 3.63) is 23.7 Å². The fraction of sp³-hybridized carbons (Fsp3) is 0.400. The molecule has 99 valence electrons. The fourth-order valence-corrected chi connectivity index (χ4v) is 0.572. The number of ketones is 2. The number of hydrogen-bond acceptors (Lipinski definition) is 5. The Morgan fingerprint density at radius 3 is 1.00 bits per heavy atom. The molecule has 0 amide bonds. The fourth-order valence-electron chi connectivity index (χ4n) is 0.572. The van der Waals surface area contributed by atoms with Gasteiger partial charge < -0.3 is 22.6 Å². The Bertz CT molecular complexity index is 250. The van der Waals surface area contributed by atoms with Gasteiger partial charge in [0.2, 0.25) is 0 Å². The van der Waals surface area contributed by atoms with Crippen molar-refractivity contribution in [3.8, 4) is 0 Å². The zero-order valence-corrected chi connectivity index (χ0v) is 12.2. The summed E-state index contributed by atoms with van der Waals surface area (Å²) in [7, 11) is 0. The minimum atomic E-state index is -0.187. The normalized spacial score (nSPS) is 9.59. The zero-order valence-electron chi connectivity index (χ0n) is 10.0. The van der Waals surface area contributed by atoms with Crippen LogP contribution in [0.3, 0.4) is 0 Å². The van der Waals surface area contributed by atoms with Crippen molar-refractivity contribution in [3.63, 3.8) is 0 Å². The number of hydrogen-bond donors (Lipinski definition) is 0. The molecule has 0 saturated heterocycles. The molecular formula is C10H14ClO5V-3. The molecule has 0 heterocycles. The summed E-state index contributed by atoms with van der Waals surface area (Å²) >= 11 is 1.06. The standard InChI is InChI=1S/2C5H8O2.ClH.O.V/c2*1-4(6)3-5(2)7;;;/h2*3,6H,1-2H3;1H;;/p-3/b2*4-3-;;;. The first-order valence-electron chi connectivity index (χ1n) is 4.15. The van der Waals surface area contributed by atoms with Gasteiger partial charge in [0.05, 0.1) is 0 Å². The van der Waals surface area contributed by atoms with Crippen molar-refractivity contribution < 1.29 is 53.3 Å². The summed E-state index contributed by atoms with van der Waals surface area (Å²) in [6.45, 7) is 5.39. The van der Waals surface area contributed by atoms with Gasteiger partial charge >= 0.3 is 21.0 Å². The molecule has 0 aromatic heterocycles. The van der Waals surface area contributed by atoms with Crippen LogP contribution in [0.1, 0.15) is 27.7 Å². The first kappa shape index (κ1) is 25.1. The average Bonchev–Trinajstić information content (AvgIpc) is 2.03. The van der Waals surface area contributed by atoms with Crippen molar-refractivity contribution in [2.75, 3.05) is 0 Å². The van der Waals surface area contributed by atoms with Crippen LogP contribution in [0, 0.1) is 0 Å². The zero-order chi connectivity index (χ0) is 13.7. The second kappa shape index (κ2) is 17.5. The van der Waals surface area contributed by atoms with Crippen LogP contribution in [0.25, 0.3) is 0 Å². The monoisotopic (exact) mass is 300 g/mol. The minimum absolute atomic E-state index is 0. The molecule has 0 atom stereocenters. The number of rotatable bonds is 2. The van der Waals surface area contributed by atoms with E-state index in [1.165, 1.54) is 27.7 Å². The maximum absolute atomic E-state index is 9.98. The molecule has 0 N–H and O–H groups in total. The second-order valence-corrected chi connectivity index (χ2v) is 2.73. The van der Waals surface area contributed by atoms with Crippen LogP contribution in [-0.2, 0) is 30.6 Å². The summed E-state index contributed by atoms with van der Waals surface area (Å²) in [6, 6.07) is 0. The van der Waals surface area contributed by atoms with E-state index in [9.17, 15) is 19.8 Å². The van der Waals surface area contributed by atoms with Gasteiger partial charge in [-0.05, 0) is 26.0 Å². The predicted octanol–water partition coefficient (Wildman–Crippen LogP) is -3.44. The Morgan fingerprint density at radius 1 is 0.824 bits per heavy atom. The summed E-state index contributed by atoms with van der Waals surface area (Å²) in [4.78, 5) is 20.0. The average molecular weight is 301 g/mol. The molecule has 0 saturated carbocycles. The Morgan fingerprint density at radius 2 is 1.00 bits per heavy atom. The quantitative estimate of drug-likeness (QED) is 0.390. The van der Waals surface area contributed by atoms with Crippen LogP contribution >= 0.6 is 0 Å². The van der Waals surface area contributed by atoms with Crippen molar-refractivity contribution in [1.29, 1.82) is 0 Å². The number of halogens is 1. The van der Waals surface area contributed by atoms with Crippen LogP contribution in [0.4, 0.5) is 0 Å². The summed E-state index contributed by atoms with van der Waals surface area (Å²) < 4.78 is 8.19. The third-order valence-electron chi connectivity index (χ3n) is 0.813. The molecule has 0 rings (SSSR count). The van der Waals surface area contributed by atoms with Crippen molar-refractivity contribution in [1.82, 2.24) is 0 Å². The summed E-state index contributed by atoms with van der Waals surface area (Å²) in [6.07, 6.45) is 2.11. The van der Waals surface area contributed by atoms with Gasteiger partial charge in [0.15, 0.2) is 11.6 Å². The molecule has 0 bridgehead atoms. The van der Waals surface area contributed by atoms with E-state index >= 15 is 0 Å². The van der Waals surface area contributed by atoms with Gasteiger partial charge in [0.1, 0.15) is 0 Å². The summed E-state index contributed by atoms with van der Waals surface area (Å²) in [5.74, 6) is -0.750. The van der Waals surface area contributed by atoms with Crippen LogP contribution in [-0.4, -0.2) is 11.6 Å². The molecule has 0 aliphatic heterocycles. The molecular weight excluding hydrogens is 287 g/mol. The van der Waals surface area contributed by atoms with E-state index in [-0.39, 0.29) is 35.5 Å². The summed E-state index contributed by atoms with van der Waals surface area (Å²) in [5, 5.41) is 20.0. The molecule has 0 fully saturated rings. The van der Waals surface area contributed by atoms with Crippen LogP contribution in [0.5, 0.6) is 0 Å². The van der Waals surface area contributed by atoms with Crippen molar-refractivity contribution >= 4 is 11.6 Å². The second-order valence-electron chi connectivity index (χ2n) is 2.73. The van der Waals surface area contributed by atoms with E-state index in [0.29, 0.717) is 0 Å². The van der Waals surface area contributed by atoms with Crippen molar-refractivity contribution in [2.24, 2.45) is 0 Å². The van der Waals surface area contributed by atoms with Crippen LogP contribution < -0.4 is 22.6 Å². The van der Waals surface area contributed by atoms with Crippen LogP contribution in [0.15, 0.2) is 23.7 Å². The number of allylic oxidation sites excluding steroid dienone is 4. The van der Waals surface area contributed by atoms with Crippen LogP contribution in [0.2, 0.25) is 0 Å². The van der Waals surface area contributed by atoms with Gasteiger partial charge in [-0.15, -0.1) is 11.5 Å². The van der Waals surface area contributed by atoms with E-state index < -0.39 is 0 Å². The van der Waals surface area contributed by atoms with Gasteiger partial charge in [-0.1, -0.05) is 13.8 Å². The van der Waals surface area contributed by atoms with E-state index in [1.807, 2.05) is 0 Å². The van der Waals surface area contributed by atoms with E-state index in [0.717, 1.165) is 29.5 Å². The first-order chi connectivity index (χ1) is 7.25. The molecule has 0 aromatic carbocycles. The predicted molar refractivity (Wildman–Crippen MR) is 49.6 cm³/mol. The number of carbonyl (C=O) groups is 2. The van der Waals surface area contributed by atoms with Gasteiger partial charge in [0, 0.05) is 0 Å². The van der Waals surface area contributed by atoms with Crippen molar-refractivity contribution in [2.45, 2.75) is 27.7 Å². The molecule has 0 aliphatic rings. The molecule has 0 aliphatic carbocycles. The molecule has 7 heteroatoms. The Balaban J connectivity index is -0.0000000823. The Labute approximate surface area is 116 Å². The topological polar surface area (TPSA) is 97.3 Å².